The third-order valence-electron chi connectivity index (χ3n) is 4.89. The number of carbonyl (C=O) groups excluding carboxylic acids is 1. The average Bonchev–Trinajstić information content (AvgIpc) is 2.96. The zero-order chi connectivity index (χ0) is 17.7. The summed E-state index contributed by atoms with van der Waals surface area (Å²) in [7, 11) is -2.68. The van der Waals surface area contributed by atoms with Crippen molar-refractivity contribution in [2.75, 3.05) is 26.7 Å². The van der Waals surface area contributed by atoms with E-state index in [0.29, 0.717) is 31.5 Å². The molecular weight excluding hydrogens is 345 g/mol. The molecule has 2 fully saturated rings. The van der Waals surface area contributed by atoms with Crippen molar-refractivity contribution in [2.45, 2.75) is 24.2 Å². The largest absolute Gasteiger partial charge is 0.345 e. The Kier molecular flexibility index (Phi) is 4.11. The first-order valence-electron chi connectivity index (χ1n) is 7.58. The molecule has 5 nitrogen and oxygen atoms in total. The van der Waals surface area contributed by atoms with Crippen LogP contribution in [-0.2, 0) is 14.8 Å². The molecule has 0 aliphatic carbocycles. The van der Waals surface area contributed by atoms with Crippen LogP contribution in [0, 0.1) is 22.9 Å². The van der Waals surface area contributed by atoms with Crippen LogP contribution >= 0.6 is 0 Å². The minimum Gasteiger partial charge on any atom is -0.345 e. The van der Waals surface area contributed by atoms with Gasteiger partial charge in [0, 0.05) is 26.7 Å². The molecule has 1 spiro atoms. The van der Waals surface area contributed by atoms with Gasteiger partial charge in [-0.15, -0.1) is 0 Å². The number of likely N-dealkylation sites (tertiary alicyclic amines) is 1. The number of piperidine rings is 1. The highest BCUT2D eigenvalue weighted by atomic mass is 32.2. The summed E-state index contributed by atoms with van der Waals surface area (Å²) < 4.78 is 66.5. The number of benzene rings is 1. The standard InChI is InChI=1S/C15H17F3N2O3S/c1-19-7-2-5-15(14(19)21)6-8-20(9-15)24(22,23)11-4-3-10(16)12(17)13(11)18/h3-4H,2,5-9H2,1H3/t15-/m1/s1. The lowest BCUT2D eigenvalue weighted by Crippen LogP contribution is -2.48. The zero-order valence-corrected chi connectivity index (χ0v) is 13.9. The molecule has 1 amide bonds. The number of hydrogen-bond acceptors (Lipinski definition) is 3. The van der Waals surface area contributed by atoms with Gasteiger partial charge in [-0.25, -0.2) is 21.6 Å². The van der Waals surface area contributed by atoms with Crippen LogP contribution in [0.5, 0.6) is 0 Å². The van der Waals surface area contributed by atoms with Crippen LogP contribution in [0.1, 0.15) is 19.3 Å². The SMILES string of the molecule is CN1CCC[C@]2(CCN(S(=O)(=O)c3ccc(F)c(F)c3F)C2)C1=O. The van der Waals surface area contributed by atoms with Crippen molar-refractivity contribution in [3.05, 3.63) is 29.6 Å². The van der Waals surface area contributed by atoms with Crippen LogP contribution in [0.4, 0.5) is 13.2 Å². The lowest BCUT2D eigenvalue weighted by atomic mass is 9.78. The molecule has 0 aromatic heterocycles. The Morgan fingerprint density at radius 2 is 1.79 bits per heavy atom. The number of hydrogen-bond donors (Lipinski definition) is 0. The van der Waals surface area contributed by atoms with E-state index in [-0.39, 0.29) is 19.0 Å². The molecule has 0 saturated carbocycles. The van der Waals surface area contributed by atoms with Crippen LogP contribution in [-0.4, -0.2) is 50.2 Å². The number of amides is 1. The maximum absolute atomic E-state index is 13.9. The van der Waals surface area contributed by atoms with Crippen molar-refractivity contribution in [1.82, 2.24) is 9.21 Å². The van der Waals surface area contributed by atoms with Gasteiger partial charge in [-0.05, 0) is 31.4 Å². The molecule has 24 heavy (non-hydrogen) atoms. The summed E-state index contributed by atoms with van der Waals surface area (Å²) in [5.41, 5.74) is -0.810. The van der Waals surface area contributed by atoms with Gasteiger partial charge in [-0.2, -0.15) is 4.31 Å². The second kappa shape index (κ2) is 5.73. The van der Waals surface area contributed by atoms with E-state index < -0.39 is 37.8 Å². The smallest absolute Gasteiger partial charge is 0.246 e. The highest BCUT2D eigenvalue weighted by molar-refractivity contribution is 7.89. The fourth-order valence-corrected chi connectivity index (χ4v) is 5.12. The molecule has 0 bridgehead atoms. The molecule has 0 unspecified atom stereocenters. The average molecular weight is 362 g/mol. The van der Waals surface area contributed by atoms with E-state index in [4.69, 9.17) is 0 Å². The first kappa shape index (κ1) is 17.2. The van der Waals surface area contributed by atoms with Gasteiger partial charge in [0.1, 0.15) is 4.90 Å². The summed E-state index contributed by atoms with van der Waals surface area (Å²) in [5, 5.41) is 0. The van der Waals surface area contributed by atoms with Crippen molar-refractivity contribution >= 4 is 15.9 Å². The molecule has 2 saturated heterocycles. The van der Waals surface area contributed by atoms with E-state index in [0.717, 1.165) is 10.7 Å². The molecular formula is C15H17F3N2O3S. The quantitative estimate of drug-likeness (QED) is 0.753. The Labute approximate surface area is 138 Å². The topological polar surface area (TPSA) is 57.7 Å². The molecule has 2 aliphatic heterocycles. The Hall–Kier alpha value is -1.61. The molecule has 2 aliphatic rings. The molecule has 132 valence electrons. The minimum atomic E-state index is -4.34. The van der Waals surface area contributed by atoms with Gasteiger partial charge >= 0.3 is 0 Å². The Bertz CT molecular complexity index is 799. The highest BCUT2D eigenvalue weighted by Crippen LogP contribution is 2.41. The van der Waals surface area contributed by atoms with E-state index in [1.807, 2.05) is 0 Å². The van der Waals surface area contributed by atoms with E-state index in [1.165, 1.54) is 0 Å². The molecule has 1 aromatic rings. The second-order valence-electron chi connectivity index (χ2n) is 6.37. The van der Waals surface area contributed by atoms with Crippen molar-refractivity contribution in [3.8, 4) is 0 Å². The maximum atomic E-state index is 13.9. The van der Waals surface area contributed by atoms with Gasteiger partial charge in [-0.3, -0.25) is 4.79 Å². The zero-order valence-electron chi connectivity index (χ0n) is 13.1. The van der Waals surface area contributed by atoms with Gasteiger partial charge in [0.15, 0.2) is 17.5 Å². The highest BCUT2D eigenvalue weighted by Gasteiger charge is 2.50. The Morgan fingerprint density at radius 1 is 1.08 bits per heavy atom. The predicted molar refractivity (Wildman–Crippen MR) is 79.0 cm³/mol. The normalized spacial score (nSPS) is 25.7. The van der Waals surface area contributed by atoms with E-state index in [2.05, 4.69) is 0 Å². The van der Waals surface area contributed by atoms with Crippen molar-refractivity contribution in [3.63, 3.8) is 0 Å². The maximum Gasteiger partial charge on any atom is 0.246 e. The monoisotopic (exact) mass is 362 g/mol. The lowest BCUT2D eigenvalue weighted by molar-refractivity contribution is -0.143. The summed E-state index contributed by atoms with van der Waals surface area (Å²) in [5.74, 6) is -5.13. The first-order chi connectivity index (χ1) is 11.2. The summed E-state index contributed by atoms with van der Waals surface area (Å²) in [6, 6.07) is 1.29. The molecule has 0 radical (unpaired) electrons. The van der Waals surface area contributed by atoms with Gasteiger partial charge in [0.05, 0.1) is 5.41 Å². The summed E-state index contributed by atoms with van der Waals surface area (Å²) in [6.07, 6.45) is 1.65. The molecule has 2 heterocycles. The van der Waals surface area contributed by atoms with Crippen LogP contribution < -0.4 is 0 Å². The predicted octanol–water partition coefficient (Wildman–Crippen LogP) is 1.74. The summed E-state index contributed by atoms with van der Waals surface area (Å²) >= 11 is 0. The summed E-state index contributed by atoms with van der Waals surface area (Å²) in [6.45, 7) is 0.586. The van der Waals surface area contributed by atoms with E-state index in [1.54, 1.807) is 11.9 Å². The Morgan fingerprint density at radius 3 is 2.50 bits per heavy atom. The van der Waals surface area contributed by atoms with Crippen molar-refractivity contribution in [1.29, 1.82) is 0 Å². The van der Waals surface area contributed by atoms with Crippen molar-refractivity contribution < 1.29 is 26.4 Å². The van der Waals surface area contributed by atoms with Gasteiger partial charge in [0.2, 0.25) is 15.9 Å². The van der Waals surface area contributed by atoms with Crippen molar-refractivity contribution in [2.24, 2.45) is 5.41 Å². The summed E-state index contributed by atoms with van der Waals surface area (Å²) in [4.78, 5) is 13.1. The number of rotatable bonds is 2. The fraction of sp³-hybridized carbons (Fsp3) is 0.533. The minimum absolute atomic E-state index is 0.0420. The third-order valence-corrected chi connectivity index (χ3v) is 6.75. The fourth-order valence-electron chi connectivity index (χ4n) is 3.53. The van der Waals surface area contributed by atoms with Crippen LogP contribution in [0.15, 0.2) is 17.0 Å². The first-order valence-corrected chi connectivity index (χ1v) is 9.02. The molecule has 9 heteroatoms. The van der Waals surface area contributed by atoms with Crippen LogP contribution in [0.3, 0.4) is 0 Å². The molecule has 0 N–H and O–H groups in total. The number of halogens is 3. The van der Waals surface area contributed by atoms with Crippen LogP contribution in [0.25, 0.3) is 0 Å². The molecule has 3 rings (SSSR count). The number of carbonyl (C=O) groups is 1. The van der Waals surface area contributed by atoms with Gasteiger partial charge in [-0.1, -0.05) is 0 Å². The number of sulfonamides is 1. The van der Waals surface area contributed by atoms with Gasteiger partial charge < -0.3 is 4.90 Å². The molecule has 1 atom stereocenters. The third kappa shape index (κ3) is 2.50. The Balaban J connectivity index is 1.93. The van der Waals surface area contributed by atoms with Crippen LogP contribution in [0.2, 0.25) is 0 Å². The van der Waals surface area contributed by atoms with E-state index >= 15 is 0 Å². The lowest BCUT2D eigenvalue weighted by Gasteiger charge is -2.37. The second-order valence-corrected chi connectivity index (χ2v) is 8.28. The van der Waals surface area contributed by atoms with E-state index in [9.17, 15) is 26.4 Å². The van der Waals surface area contributed by atoms with Gasteiger partial charge in [0.25, 0.3) is 0 Å². The number of nitrogens with zero attached hydrogens (tertiary/aromatic N) is 2. The molecule has 1 aromatic carbocycles.